The first-order chi connectivity index (χ1) is 11.3. The smallest absolute Gasteiger partial charge is 0.189 e. The van der Waals surface area contributed by atoms with Crippen LogP contribution in [0.15, 0.2) is 24.3 Å². The maximum Gasteiger partial charge on any atom is 0.189 e. The molecule has 0 radical (unpaired) electrons. The molecule has 0 atom stereocenters. The van der Waals surface area contributed by atoms with E-state index in [-0.39, 0.29) is 11.5 Å². The molecule has 8 heteroatoms. The monoisotopic (exact) mass is 366 g/mol. The molecule has 2 aromatic rings. The molecule has 2 rings (SSSR count). The number of hydrogen-bond donors (Lipinski definition) is 1. The number of halogens is 2. The number of carbonyl (C=O) groups is 1. The molecule has 1 aromatic carbocycles. The van der Waals surface area contributed by atoms with Crippen molar-refractivity contribution in [3.8, 4) is 5.75 Å². The number of aldehydes is 1. The van der Waals surface area contributed by atoms with Crippen LogP contribution in [0, 0.1) is 5.41 Å². The lowest BCUT2D eigenvalue weighted by molar-refractivity contribution is -0.102. The van der Waals surface area contributed by atoms with Gasteiger partial charge in [0.1, 0.15) is 11.5 Å². The average molecular weight is 367 g/mol. The number of benzene rings is 1. The number of allylic oxidation sites excluding steroid dienone is 1. The zero-order chi connectivity index (χ0) is 17.9. The minimum atomic E-state index is -0.925. The number of nitrogens with one attached hydrogen (secondary N) is 1. The van der Waals surface area contributed by atoms with Crippen molar-refractivity contribution in [2.45, 2.75) is 26.4 Å². The van der Waals surface area contributed by atoms with Crippen molar-refractivity contribution in [1.82, 2.24) is 14.8 Å². The SMILES string of the molecule is C/C=C\n1c(C(=N)C=O)nnc1C(C)(C)Oc1ccc(Cl)cc1Cl. The summed E-state index contributed by atoms with van der Waals surface area (Å²) in [6.45, 7) is 5.38. The summed E-state index contributed by atoms with van der Waals surface area (Å²) in [5.41, 5.74) is -1.20. The van der Waals surface area contributed by atoms with Crippen LogP contribution in [0.25, 0.3) is 6.20 Å². The molecule has 1 heterocycles. The van der Waals surface area contributed by atoms with E-state index in [9.17, 15) is 4.79 Å². The number of nitrogens with zero attached hydrogens (tertiary/aromatic N) is 3. The molecule has 0 fully saturated rings. The second kappa shape index (κ2) is 7.15. The largest absolute Gasteiger partial charge is 0.478 e. The van der Waals surface area contributed by atoms with E-state index in [1.807, 2.05) is 6.92 Å². The third-order valence-electron chi connectivity index (χ3n) is 3.15. The van der Waals surface area contributed by atoms with E-state index >= 15 is 0 Å². The molecule has 1 N–H and O–H groups in total. The summed E-state index contributed by atoms with van der Waals surface area (Å²) in [4.78, 5) is 10.9. The molecule has 6 nitrogen and oxygen atoms in total. The van der Waals surface area contributed by atoms with E-state index in [2.05, 4.69) is 10.2 Å². The van der Waals surface area contributed by atoms with Crippen molar-refractivity contribution >= 4 is 41.4 Å². The molecule has 0 amide bonds. The highest BCUT2D eigenvalue weighted by molar-refractivity contribution is 6.35. The molecule has 0 aliphatic carbocycles. The van der Waals surface area contributed by atoms with Crippen LogP contribution >= 0.6 is 23.2 Å². The summed E-state index contributed by atoms with van der Waals surface area (Å²) in [5.74, 6) is 0.998. The zero-order valence-corrected chi connectivity index (χ0v) is 14.9. The van der Waals surface area contributed by atoms with Crippen LogP contribution in [0.2, 0.25) is 10.0 Å². The molecule has 126 valence electrons. The Morgan fingerprint density at radius 1 is 1.33 bits per heavy atom. The number of rotatable bonds is 6. The van der Waals surface area contributed by atoms with E-state index in [1.54, 1.807) is 48.9 Å². The lowest BCUT2D eigenvalue weighted by Crippen LogP contribution is -2.29. The Balaban J connectivity index is 2.46. The lowest BCUT2D eigenvalue weighted by atomic mass is 10.1. The summed E-state index contributed by atoms with van der Waals surface area (Å²) in [6, 6.07) is 4.92. The van der Waals surface area contributed by atoms with Crippen molar-refractivity contribution in [1.29, 1.82) is 5.41 Å². The summed E-state index contributed by atoms with van der Waals surface area (Å²) in [7, 11) is 0. The van der Waals surface area contributed by atoms with Crippen LogP contribution in [0.3, 0.4) is 0 Å². The maximum atomic E-state index is 10.9. The van der Waals surface area contributed by atoms with Gasteiger partial charge in [0.05, 0.1) is 5.02 Å². The number of carbonyl (C=O) groups excluding carboxylic acids is 1. The van der Waals surface area contributed by atoms with Crippen molar-refractivity contribution < 1.29 is 9.53 Å². The van der Waals surface area contributed by atoms with E-state index in [4.69, 9.17) is 33.3 Å². The van der Waals surface area contributed by atoms with Crippen molar-refractivity contribution in [3.05, 3.63) is 46.0 Å². The molecule has 0 bridgehead atoms. The normalized spacial score (nSPS) is 11.7. The maximum absolute atomic E-state index is 10.9. The average Bonchev–Trinajstić information content (AvgIpc) is 2.94. The second-order valence-corrected chi connectivity index (χ2v) is 6.26. The first kappa shape index (κ1) is 18.2. The number of ether oxygens (including phenoxy) is 1. The van der Waals surface area contributed by atoms with Crippen LogP contribution in [0.4, 0.5) is 0 Å². The van der Waals surface area contributed by atoms with Crippen molar-refractivity contribution in [2.75, 3.05) is 0 Å². The van der Waals surface area contributed by atoms with Gasteiger partial charge in [-0.05, 0) is 39.0 Å². The van der Waals surface area contributed by atoms with Crippen LogP contribution in [-0.4, -0.2) is 26.8 Å². The molecule has 0 spiro atoms. The summed E-state index contributed by atoms with van der Waals surface area (Å²) in [5, 5.41) is 16.6. The Bertz CT molecular complexity index is 812. The Morgan fingerprint density at radius 2 is 2.04 bits per heavy atom. The van der Waals surface area contributed by atoms with E-state index in [0.29, 0.717) is 27.9 Å². The predicted octanol–water partition coefficient (Wildman–Crippen LogP) is 3.96. The quantitative estimate of drug-likeness (QED) is 0.619. The molecule has 0 unspecified atom stereocenters. The first-order valence-electron chi connectivity index (χ1n) is 7.06. The Hall–Kier alpha value is -2.18. The highest BCUT2D eigenvalue weighted by Gasteiger charge is 2.31. The molecular weight excluding hydrogens is 351 g/mol. The lowest BCUT2D eigenvalue weighted by Gasteiger charge is -2.26. The van der Waals surface area contributed by atoms with Crippen LogP contribution in [0.5, 0.6) is 5.75 Å². The van der Waals surface area contributed by atoms with Gasteiger partial charge in [0, 0.05) is 11.2 Å². The topological polar surface area (TPSA) is 80.9 Å². The fraction of sp³-hybridized carbons (Fsp3) is 0.250. The van der Waals surface area contributed by atoms with E-state index in [1.165, 1.54) is 0 Å². The van der Waals surface area contributed by atoms with Crippen molar-refractivity contribution in [2.24, 2.45) is 0 Å². The highest BCUT2D eigenvalue weighted by atomic mass is 35.5. The molecule has 0 aliphatic rings. The Kier molecular flexibility index (Phi) is 5.41. The minimum Gasteiger partial charge on any atom is -0.478 e. The molecule has 24 heavy (non-hydrogen) atoms. The van der Waals surface area contributed by atoms with Crippen LogP contribution < -0.4 is 4.74 Å². The fourth-order valence-electron chi connectivity index (χ4n) is 2.11. The number of hydrogen-bond acceptors (Lipinski definition) is 5. The standard InChI is InChI=1S/C16H16Cl2N4O2/c1-4-7-22-14(12(19)9-23)20-21-15(22)16(2,3)24-13-6-5-10(17)8-11(13)18/h4-9,19H,1-3H3/b7-4-,19-12?. The van der Waals surface area contributed by atoms with Crippen molar-refractivity contribution in [3.63, 3.8) is 0 Å². The van der Waals surface area contributed by atoms with Gasteiger partial charge in [-0.25, -0.2) is 0 Å². The molecule has 0 saturated carbocycles. The molecule has 0 saturated heterocycles. The van der Waals surface area contributed by atoms with Gasteiger partial charge < -0.3 is 4.74 Å². The summed E-state index contributed by atoms with van der Waals surface area (Å²) >= 11 is 12.0. The first-order valence-corrected chi connectivity index (χ1v) is 7.82. The van der Waals surface area contributed by atoms with Gasteiger partial charge >= 0.3 is 0 Å². The zero-order valence-electron chi connectivity index (χ0n) is 13.4. The minimum absolute atomic E-state index is 0.136. The third-order valence-corrected chi connectivity index (χ3v) is 3.68. The molecule has 1 aromatic heterocycles. The van der Waals surface area contributed by atoms with Gasteiger partial charge in [-0.2, -0.15) is 0 Å². The summed E-state index contributed by atoms with van der Waals surface area (Å²) in [6.07, 6.45) is 3.83. The highest BCUT2D eigenvalue weighted by Crippen LogP contribution is 2.33. The second-order valence-electron chi connectivity index (χ2n) is 5.42. The van der Waals surface area contributed by atoms with Crippen LogP contribution in [0.1, 0.15) is 32.4 Å². The van der Waals surface area contributed by atoms with E-state index in [0.717, 1.165) is 0 Å². The third kappa shape index (κ3) is 3.66. The fourth-order valence-corrected chi connectivity index (χ4v) is 2.55. The molecular formula is C16H16Cl2N4O2. The Morgan fingerprint density at radius 3 is 2.62 bits per heavy atom. The molecule has 0 aliphatic heterocycles. The predicted molar refractivity (Wildman–Crippen MR) is 94.0 cm³/mol. The van der Waals surface area contributed by atoms with Gasteiger partial charge in [0.15, 0.2) is 23.5 Å². The number of aromatic nitrogens is 3. The summed E-state index contributed by atoms with van der Waals surface area (Å²) < 4.78 is 7.52. The van der Waals surface area contributed by atoms with Gasteiger partial charge in [0.2, 0.25) is 0 Å². The van der Waals surface area contributed by atoms with E-state index < -0.39 is 5.60 Å². The Labute approximate surface area is 149 Å². The van der Waals surface area contributed by atoms with Gasteiger partial charge in [-0.1, -0.05) is 29.3 Å². The van der Waals surface area contributed by atoms with Gasteiger partial charge in [-0.3, -0.25) is 14.8 Å². The van der Waals surface area contributed by atoms with Gasteiger partial charge in [-0.15, -0.1) is 10.2 Å². The van der Waals surface area contributed by atoms with Gasteiger partial charge in [0.25, 0.3) is 0 Å². The van der Waals surface area contributed by atoms with Crippen LogP contribution in [-0.2, 0) is 10.4 Å².